The molecule has 0 aliphatic carbocycles. The van der Waals surface area contributed by atoms with Gasteiger partial charge >= 0.3 is 0 Å². The van der Waals surface area contributed by atoms with Crippen molar-refractivity contribution in [1.82, 2.24) is 15.1 Å². The highest BCUT2D eigenvalue weighted by atomic mass is 16.2. The Labute approximate surface area is 133 Å². The largest absolute Gasteiger partial charge is 0.341 e. The lowest BCUT2D eigenvalue weighted by Crippen LogP contribution is -2.54. The van der Waals surface area contributed by atoms with Crippen molar-refractivity contribution in [3.8, 4) is 0 Å². The zero-order valence-electron chi connectivity index (χ0n) is 13.9. The van der Waals surface area contributed by atoms with Crippen molar-refractivity contribution < 1.29 is 9.59 Å². The van der Waals surface area contributed by atoms with Gasteiger partial charge in [-0.25, -0.2) is 0 Å². The molecule has 1 unspecified atom stereocenters. The van der Waals surface area contributed by atoms with Crippen molar-refractivity contribution in [3.63, 3.8) is 0 Å². The Kier molecular flexibility index (Phi) is 4.44. The average molecular weight is 307 g/mol. The molecular weight excluding hydrogens is 278 g/mol. The fourth-order valence-electron chi connectivity index (χ4n) is 4.35. The van der Waals surface area contributed by atoms with Gasteiger partial charge in [-0.15, -0.1) is 0 Å². The molecule has 0 aromatic heterocycles. The number of nitrogens with one attached hydrogen (secondary N) is 1. The van der Waals surface area contributed by atoms with Crippen LogP contribution in [-0.4, -0.2) is 60.4 Å². The Hall–Kier alpha value is -1.10. The zero-order chi connectivity index (χ0) is 15.7. The lowest BCUT2D eigenvalue weighted by atomic mass is 9.77. The van der Waals surface area contributed by atoms with Crippen LogP contribution in [0.15, 0.2) is 0 Å². The molecule has 22 heavy (non-hydrogen) atoms. The van der Waals surface area contributed by atoms with E-state index in [4.69, 9.17) is 0 Å². The van der Waals surface area contributed by atoms with Crippen LogP contribution in [-0.2, 0) is 9.59 Å². The van der Waals surface area contributed by atoms with E-state index in [0.717, 1.165) is 52.0 Å². The summed E-state index contributed by atoms with van der Waals surface area (Å²) in [5, 5.41) is 3.46. The molecular formula is C17H29N3O2. The molecule has 3 saturated heterocycles. The van der Waals surface area contributed by atoms with E-state index >= 15 is 0 Å². The summed E-state index contributed by atoms with van der Waals surface area (Å²) >= 11 is 0. The van der Waals surface area contributed by atoms with E-state index in [0.29, 0.717) is 11.8 Å². The van der Waals surface area contributed by atoms with Gasteiger partial charge in [0.1, 0.15) is 6.04 Å². The predicted octanol–water partition coefficient (Wildman–Crippen LogP) is 1.24. The van der Waals surface area contributed by atoms with Gasteiger partial charge in [-0.3, -0.25) is 9.59 Å². The maximum Gasteiger partial charge on any atom is 0.245 e. The average Bonchev–Trinajstić information content (AvgIpc) is 3.10. The van der Waals surface area contributed by atoms with Gasteiger partial charge in [0, 0.05) is 32.6 Å². The van der Waals surface area contributed by atoms with Gasteiger partial charge in [0.15, 0.2) is 0 Å². The molecule has 0 aromatic carbocycles. The second-order valence-electron chi connectivity index (χ2n) is 7.63. The van der Waals surface area contributed by atoms with Gasteiger partial charge < -0.3 is 15.1 Å². The second-order valence-corrected chi connectivity index (χ2v) is 7.63. The predicted molar refractivity (Wildman–Crippen MR) is 85.3 cm³/mol. The van der Waals surface area contributed by atoms with Crippen molar-refractivity contribution in [2.24, 2.45) is 11.3 Å². The highest BCUT2D eigenvalue weighted by Crippen LogP contribution is 2.37. The summed E-state index contributed by atoms with van der Waals surface area (Å²) in [6.07, 6.45) is 4.94. The van der Waals surface area contributed by atoms with Crippen LogP contribution in [0.25, 0.3) is 0 Å². The van der Waals surface area contributed by atoms with Gasteiger partial charge in [-0.05, 0) is 43.6 Å². The van der Waals surface area contributed by atoms with Crippen molar-refractivity contribution in [3.05, 3.63) is 0 Å². The number of rotatable bonds is 3. The first-order valence-electron chi connectivity index (χ1n) is 8.81. The Bertz CT molecular complexity index is 433. The molecule has 3 aliphatic heterocycles. The van der Waals surface area contributed by atoms with Crippen LogP contribution in [0.1, 0.15) is 46.0 Å². The molecule has 1 N–H and O–H groups in total. The van der Waals surface area contributed by atoms with Gasteiger partial charge in [0.25, 0.3) is 0 Å². The zero-order valence-corrected chi connectivity index (χ0v) is 13.9. The maximum absolute atomic E-state index is 13.0. The van der Waals surface area contributed by atoms with Crippen LogP contribution >= 0.6 is 0 Å². The Balaban J connectivity index is 1.65. The summed E-state index contributed by atoms with van der Waals surface area (Å²) in [7, 11) is 0. The lowest BCUT2D eigenvalue weighted by molar-refractivity contribution is -0.147. The topological polar surface area (TPSA) is 52.7 Å². The first-order valence-corrected chi connectivity index (χ1v) is 8.81. The quantitative estimate of drug-likeness (QED) is 0.853. The molecule has 0 bridgehead atoms. The van der Waals surface area contributed by atoms with Crippen LogP contribution in [0.3, 0.4) is 0 Å². The van der Waals surface area contributed by atoms with E-state index in [-0.39, 0.29) is 23.8 Å². The number of nitrogens with zero attached hydrogens (tertiary/aromatic N) is 2. The van der Waals surface area contributed by atoms with Gasteiger partial charge in [-0.2, -0.15) is 0 Å². The van der Waals surface area contributed by atoms with Crippen molar-refractivity contribution >= 4 is 11.8 Å². The van der Waals surface area contributed by atoms with Crippen molar-refractivity contribution in [1.29, 1.82) is 0 Å². The summed E-state index contributed by atoms with van der Waals surface area (Å²) < 4.78 is 0. The SMILES string of the molecule is CC(C)C(C(=O)N1CCC2(CCNC2)CC1)N1CCCC1=O. The highest BCUT2D eigenvalue weighted by molar-refractivity contribution is 5.89. The molecule has 124 valence electrons. The van der Waals surface area contributed by atoms with E-state index in [1.807, 2.05) is 9.80 Å². The van der Waals surface area contributed by atoms with Gasteiger partial charge in [0.05, 0.1) is 0 Å². The highest BCUT2D eigenvalue weighted by Gasteiger charge is 2.42. The minimum Gasteiger partial charge on any atom is -0.341 e. The molecule has 2 amide bonds. The minimum absolute atomic E-state index is 0.153. The monoisotopic (exact) mass is 307 g/mol. The Morgan fingerprint density at radius 3 is 2.41 bits per heavy atom. The van der Waals surface area contributed by atoms with E-state index in [1.54, 1.807) is 0 Å². The maximum atomic E-state index is 13.0. The molecule has 3 aliphatic rings. The Morgan fingerprint density at radius 2 is 1.91 bits per heavy atom. The number of piperidine rings is 1. The summed E-state index contributed by atoms with van der Waals surface area (Å²) in [5.74, 6) is 0.505. The van der Waals surface area contributed by atoms with Crippen molar-refractivity contribution in [2.45, 2.75) is 52.0 Å². The van der Waals surface area contributed by atoms with E-state index < -0.39 is 0 Å². The minimum atomic E-state index is -0.259. The third kappa shape index (κ3) is 2.87. The third-order valence-electron chi connectivity index (χ3n) is 5.80. The summed E-state index contributed by atoms with van der Waals surface area (Å²) in [4.78, 5) is 28.9. The third-order valence-corrected chi connectivity index (χ3v) is 5.80. The molecule has 1 spiro atoms. The van der Waals surface area contributed by atoms with Crippen molar-refractivity contribution in [2.75, 3.05) is 32.7 Å². The van der Waals surface area contributed by atoms with E-state index in [2.05, 4.69) is 19.2 Å². The standard InChI is InChI=1S/C17H29N3O2/c1-13(2)15(20-9-3-4-14(20)21)16(22)19-10-6-17(7-11-19)5-8-18-12-17/h13,15,18H,3-12H2,1-2H3. The molecule has 5 nitrogen and oxygen atoms in total. The van der Waals surface area contributed by atoms with E-state index in [9.17, 15) is 9.59 Å². The first-order chi connectivity index (χ1) is 10.5. The Morgan fingerprint density at radius 1 is 1.18 bits per heavy atom. The molecule has 5 heteroatoms. The van der Waals surface area contributed by atoms with Crippen LogP contribution in [0.5, 0.6) is 0 Å². The number of carbonyl (C=O) groups is 2. The van der Waals surface area contributed by atoms with Crippen LogP contribution in [0, 0.1) is 11.3 Å². The second kappa shape index (κ2) is 6.19. The molecule has 0 aromatic rings. The normalized spacial score (nSPS) is 26.2. The molecule has 0 radical (unpaired) electrons. The van der Waals surface area contributed by atoms with Crippen LogP contribution in [0.2, 0.25) is 0 Å². The molecule has 3 heterocycles. The molecule has 0 saturated carbocycles. The molecule has 3 fully saturated rings. The van der Waals surface area contributed by atoms with Crippen LogP contribution < -0.4 is 5.32 Å². The van der Waals surface area contributed by atoms with Gasteiger partial charge in [0.2, 0.25) is 11.8 Å². The number of likely N-dealkylation sites (tertiary alicyclic amines) is 2. The summed E-state index contributed by atoms with van der Waals surface area (Å²) in [5.41, 5.74) is 0.424. The molecule has 1 atom stereocenters. The van der Waals surface area contributed by atoms with Crippen LogP contribution in [0.4, 0.5) is 0 Å². The molecule has 3 rings (SSSR count). The number of hydrogen-bond donors (Lipinski definition) is 1. The first kappa shape index (κ1) is 15.8. The smallest absolute Gasteiger partial charge is 0.245 e. The number of hydrogen-bond acceptors (Lipinski definition) is 3. The lowest BCUT2D eigenvalue weighted by Gasteiger charge is -2.42. The van der Waals surface area contributed by atoms with Gasteiger partial charge in [-0.1, -0.05) is 13.8 Å². The number of amides is 2. The fourth-order valence-corrected chi connectivity index (χ4v) is 4.35. The number of carbonyl (C=O) groups excluding carboxylic acids is 2. The van der Waals surface area contributed by atoms with E-state index in [1.165, 1.54) is 6.42 Å². The fraction of sp³-hybridized carbons (Fsp3) is 0.882. The summed E-state index contributed by atoms with van der Waals surface area (Å²) in [6, 6.07) is -0.259. The summed E-state index contributed by atoms with van der Waals surface area (Å²) in [6.45, 7) is 8.78.